The van der Waals surface area contributed by atoms with Gasteiger partial charge in [-0.15, -0.1) is 4.40 Å². The van der Waals surface area contributed by atoms with E-state index in [1.807, 2.05) is 0 Å². The summed E-state index contributed by atoms with van der Waals surface area (Å²) in [5.74, 6) is -0.196. The second-order valence-electron chi connectivity index (χ2n) is 7.10. The van der Waals surface area contributed by atoms with Gasteiger partial charge in [-0.2, -0.15) is 4.98 Å². The Morgan fingerprint density at radius 3 is 2.76 bits per heavy atom. The van der Waals surface area contributed by atoms with Crippen molar-refractivity contribution in [3.05, 3.63) is 41.2 Å². The Labute approximate surface area is 168 Å². The van der Waals surface area contributed by atoms with Gasteiger partial charge in [0.15, 0.2) is 5.84 Å². The number of benzene rings is 1. The van der Waals surface area contributed by atoms with E-state index in [1.165, 1.54) is 6.07 Å². The first-order valence-electron chi connectivity index (χ1n) is 8.50. The lowest BCUT2D eigenvalue weighted by Crippen LogP contribution is -2.48. The molecule has 0 saturated heterocycles. The average Bonchev–Trinajstić information content (AvgIpc) is 2.57. The molecule has 0 radical (unpaired) electrons. The summed E-state index contributed by atoms with van der Waals surface area (Å²) in [7, 11) is -3.39. The van der Waals surface area contributed by atoms with Crippen LogP contribution in [-0.4, -0.2) is 48.1 Å². The minimum atomic E-state index is -3.39. The fourth-order valence-electron chi connectivity index (χ4n) is 2.69. The van der Waals surface area contributed by atoms with Crippen LogP contribution in [0, 0.1) is 6.92 Å². The van der Waals surface area contributed by atoms with Gasteiger partial charge in [-0.3, -0.25) is 18.6 Å². The smallest absolute Gasteiger partial charge is 0.314 e. The zero-order valence-corrected chi connectivity index (χ0v) is 16.8. The van der Waals surface area contributed by atoms with Gasteiger partial charge in [0.2, 0.25) is 0 Å². The van der Waals surface area contributed by atoms with E-state index in [4.69, 9.17) is 10.5 Å². The molecule has 0 atom stereocenters. The zero-order valence-electron chi connectivity index (χ0n) is 16.0. The van der Waals surface area contributed by atoms with Crippen LogP contribution in [0.25, 0.3) is 0 Å². The Morgan fingerprint density at radius 2 is 2.07 bits per heavy atom. The van der Waals surface area contributed by atoms with E-state index in [2.05, 4.69) is 24.4 Å². The first-order valence-corrected chi connectivity index (χ1v) is 10.0. The lowest BCUT2D eigenvalue weighted by molar-refractivity contribution is 0.0874. The standard InChI is InChI=1S/C17H22N6O5S/c1-9-7-11(20-16(25)19-9)15(24)21-17(2,3)8-28-12-6-4-5-10-13(12)14(18)23-29(26,27)22-10/h4-7,22,26-27H,8H2,1-3H3,(H2,18,23)(H,21,24)(H,19,20,25). The quantitative estimate of drug-likeness (QED) is 0.419. The van der Waals surface area contributed by atoms with Crippen LogP contribution in [0.15, 0.2) is 28.7 Å². The maximum absolute atomic E-state index is 12.5. The van der Waals surface area contributed by atoms with E-state index in [0.717, 1.165) is 0 Å². The number of nitrogens with one attached hydrogen (secondary N) is 2. The molecule has 2 heterocycles. The number of ether oxygens (including phenoxy) is 1. The van der Waals surface area contributed by atoms with E-state index in [9.17, 15) is 19.0 Å². The molecule has 0 saturated carbocycles. The van der Waals surface area contributed by atoms with E-state index in [1.54, 1.807) is 39.0 Å². The highest BCUT2D eigenvalue weighted by molar-refractivity contribution is 8.24. The van der Waals surface area contributed by atoms with Gasteiger partial charge < -0.3 is 20.9 Å². The number of aromatic nitrogens is 2. The molecule has 1 aliphatic heterocycles. The molecule has 1 amide bonds. The molecule has 0 aliphatic carbocycles. The highest BCUT2D eigenvalue weighted by atomic mass is 32.3. The predicted molar refractivity (Wildman–Crippen MR) is 109 cm³/mol. The summed E-state index contributed by atoms with van der Waals surface area (Å²) in [6.07, 6.45) is 0. The van der Waals surface area contributed by atoms with Gasteiger partial charge in [-0.05, 0) is 49.9 Å². The van der Waals surface area contributed by atoms with Gasteiger partial charge in [0, 0.05) is 5.69 Å². The molecule has 29 heavy (non-hydrogen) atoms. The summed E-state index contributed by atoms with van der Waals surface area (Å²) in [5, 5.41) is 12.3. The number of anilines is 1. The minimum absolute atomic E-state index is 0.0333. The molecule has 1 aromatic heterocycles. The number of hydrogen-bond acceptors (Lipinski definition) is 10. The van der Waals surface area contributed by atoms with Crippen LogP contribution in [0.1, 0.15) is 35.6 Å². The number of carbonyl (C=O) groups is 1. The molecule has 11 nitrogen and oxygen atoms in total. The highest BCUT2D eigenvalue weighted by Gasteiger charge is 2.27. The first-order chi connectivity index (χ1) is 13.5. The van der Waals surface area contributed by atoms with Crippen molar-refractivity contribution in [2.75, 3.05) is 11.3 Å². The number of rotatable bonds is 5. The molecular formula is C17H22N6O5S. The van der Waals surface area contributed by atoms with Crippen molar-refractivity contribution < 1.29 is 23.7 Å². The number of nitrogens with two attached hydrogens (primary N) is 1. The van der Waals surface area contributed by atoms with Crippen molar-refractivity contribution in [2.24, 2.45) is 10.1 Å². The highest BCUT2D eigenvalue weighted by Crippen LogP contribution is 2.46. The molecule has 0 unspecified atom stereocenters. The van der Waals surface area contributed by atoms with Gasteiger partial charge in [0.05, 0.1) is 16.8 Å². The van der Waals surface area contributed by atoms with E-state index >= 15 is 0 Å². The lowest BCUT2D eigenvalue weighted by atomic mass is 10.1. The van der Waals surface area contributed by atoms with Crippen molar-refractivity contribution >= 4 is 28.4 Å². The number of hydrogen-bond donors (Lipinski definition) is 6. The number of fused-ring (bicyclic) bond motifs is 1. The molecule has 0 bridgehead atoms. The van der Waals surface area contributed by atoms with Crippen LogP contribution < -0.4 is 20.5 Å². The Hall–Kier alpha value is -3.09. The Bertz CT molecular complexity index is 974. The number of aryl methyl sites for hydroxylation is 1. The summed E-state index contributed by atoms with van der Waals surface area (Å²) >= 11 is 0. The fourth-order valence-corrected chi connectivity index (χ4v) is 3.56. The summed E-state index contributed by atoms with van der Waals surface area (Å²) < 4.78 is 31.5. The van der Waals surface area contributed by atoms with Crippen molar-refractivity contribution in [1.82, 2.24) is 15.3 Å². The largest absolute Gasteiger partial charge is 0.490 e. The normalized spacial score (nSPS) is 16.1. The van der Waals surface area contributed by atoms with Gasteiger partial charge >= 0.3 is 6.01 Å². The molecule has 156 valence electrons. The fraction of sp³-hybridized carbons (Fsp3) is 0.294. The van der Waals surface area contributed by atoms with Crippen LogP contribution >= 0.6 is 11.0 Å². The van der Waals surface area contributed by atoms with E-state index in [-0.39, 0.29) is 18.1 Å². The molecule has 0 spiro atoms. The van der Waals surface area contributed by atoms with Crippen molar-refractivity contribution in [3.8, 4) is 11.8 Å². The van der Waals surface area contributed by atoms with Gasteiger partial charge in [-0.1, -0.05) is 6.07 Å². The van der Waals surface area contributed by atoms with Crippen LogP contribution in [-0.2, 0) is 0 Å². The molecular weight excluding hydrogens is 400 g/mol. The molecule has 1 aromatic carbocycles. The van der Waals surface area contributed by atoms with E-state index in [0.29, 0.717) is 22.7 Å². The van der Waals surface area contributed by atoms with Crippen LogP contribution in [0.3, 0.4) is 0 Å². The second-order valence-corrected chi connectivity index (χ2v) is 8.52. The third kappa shape index (κ3) is 4.85. The van der Waals surface area contributed by atoms with Crippen LogP contribution in [0.4, 0.5) is 5.69 Å². The van der Waals surface area contributed by atoms with Crippen molar-refractivity contribution in [1.29, 1.82) is 0 Å². The molecule has 2 aromatic rings. The maximum Gasteiger partial charge on any atom is 0.314 e. The summed E-state index contributed by atoms with van der Waals surface area (Å²) in [4.78, 5) is 19.9. The molecule has 1 aliphatic rings. The third-order valence-electron chi connectivity index (χ3n) is 3.87. The number of carbonyl (C=O) groups excluding carboxylic acids is 1. The van der Waals surface area contributed by atoms with Crippen LogP contribution in [0.2, 0.25) is 0 Å². The monoisotopic (exact) mass is 422 g/mol. The van der Waals surface area contributed by atoms with Gasteiger partial charge in [0.25, 0.3) is 5.91 Å². The summed E-state index contributed by atoms with van der Waals surface area (Å²) in [6, 6.07) is 5.92. The first kappa shape index (κ1) is 20.6. The maximum atomic E-state index is 12.5. The number of nitrogens with zero attached hydrogens (tertiary/aromatic N) is 3. The lowest BCUT2D eigenvalue weighted by Gasteiger charge is -2.34. The Balaban J connectivity index is 1.74. The molecule has 3 rings (SSSR count). The molecule has 7 N–H and O–H groups in total. The van der Waals surface area contributed by atoms with Crippen molar-refractivity contribution in [3.63, 3.8) is 0 Å². The van der Waals surface area contributed by atoms with Crippen molar-refractivity contribution in [2.45, 2.75) is 26.3 Å². The predicted octanol–water partition coefficient (Wildman–Crippen LogP) is 1.79. The second kappa shape index (κ2) is 7.39. The average molecular weight is 422 g/mol. The minimum Gasteiger partial charge on any atom is -0.490 e. The zero-order chi connectivity index (χ0) is 21.4. The third-order valence-corrected chi connectivity index (χ3v) is 4.82. The summed E-state index contributed by atoms with van der Waals surface area (Å²) in [5.41, 5.74) is 6.33. The topological polar surface area (TPSA) is 175 Å². The number of aromatic hydroxyl groups is 1. The van der Waals surface area contributed by atoms with Gasteiger partial charge in [0.1, 0.15) is 18.1 Å². The number of amides is 1. The Kier molecular flexibility index (Phi) is 5.26. The SMILES string of the molecule is Cc1cc(C(=O)NC(C)(C)COc2cccc3c2C(N)=NS(O)(O)N3)nc(O)n1. The van der Waals surface area contributed by atoms with Crippen LogP contribution in [0.5, 0.6) is 11.8 Å². The molecule has 12 heteroatoms. The number of amidine groups is 1. The molecule has 0 fully saturated rings. The van der Waals surface area contributed by atoms with E-state index < -0.39 is 28.4 Å². The Morgan fingerprint density at radius 1 is 1.34 bits per heavy atom. The summed E-state index contributed by atoms with van der Waals surface area (Å²) in [6.45, 7) is 5.20. The van der Waals surface area contributed by atoms with Gasteiger partial charge in [-0.25, -0.2) is 4.98 Å².